The Kier molecular flexibility index (Phi) is 11.9. The van der Waals surface area contributed by atoms with Crippen LogP contribution < -0.4 is 5.43 Å². The molecular weight excluding hydrogens is 328 g/mol. The normalized spacial score (nSPS) is 11.4. The fourth-order valence-corrected chi connectivity index (χ4v) is 2.84. The van der Waals surface area contributed by atoms with Gasteiger partial charge in [0.15, 0.2) is 5.11 Å². The van der Waals surface area contributed by atoms with Crippen LogP contribution in [0.15, 0.2) is 29.5 Å². The Morgan fingerprint density at radius 1 is 1.04 bits per heavy atom. The van der Waals surface area contributed by atoms with Crippen molar-refractivity contribution in [3.63, 3.8) is 0 Å². The van der Waals surface area contributed by atoms with Crippen molar-refractivity contribution < 1.29 is 0 Å². The lowest BCUT2D eigenvalue weighted by Crippen LogP contribution is -2.39. The Morgan fingerprint density at radius 3 is 2.20 bits per heavy atom. The van der Waals surface area contributed by atoms with Gasteiger partial charge in [-0.1, -0.05) is 58.4 Å². The maximum Gasteiger partial charge on any atom is 0.189 e. The van der Waals surface area contributed by atoms with E-state index >= 15 is 0 Å². The van der Waals surface area contributed by atoms with Crippen molar-refractivity contribution in [2.24, 2.45) is 5.10 Å². The molecule has 25 heavy (non-hydrogen) atoms. The predicted octanol–water partition coefficient (Wildman–Crippen LogP) is 5.14. The molecule has 0 saturated heterocycles. The molecule has 1 aromatic rings. The molecule has 1 heterocycles. The summed E-state index contributed by atoms with van der Waals surface area (Å²) in [7, 11) is 0. The van der Waals surface area contributed by atoms with Gasteiger partial charge >= 0.3 is 0 Å². The number of rotatable bonds is 12. The molecule has 140 valence electrons. The molecule has 0 aliphatic carbocycles. The first-order valence-corrected chi connectivity index (χ1v) is 10.1. The largest absolute Gasteiger partial charge is 0.348 e. The molecule has 0 radical (unpaired) electrons. The number of thiocarbonyl (C=S) groups is 1. The van der Waals surface area contributed by atoms with Crippen molar-refractivity contribution in [3.8, 4) is 0 Å². The van der Waals surface area contributed by atoms with E-state index in [1.807, 2.05) is 25.1 Å². The number of pyridine rings is 1. The van der Waals surface area contributed by atoms with Gasteiger partial charge in [0, 0.05) is 19.3 Å². The summed E-state index contributed by atoms with van der Waals surface area (Å²) in [6, 6.07) is 5.83. The highest BCUT2D eigenvalue weighted by Crippen LogP contribution is 2.06. The van der Waals surface area contributed by atoms with Crippen molar-refractivity contribution >= 4 is 23.0 Å². The monoisotopic (exact) mass is 362 g/mol. The maximum absolute atomic E-state index is 5.59. The van der Waals surface area contributed by atoms with Crippen molar-refractivity contribution in [2.45, 2.75) is 72.1 Å². The van der Waals surface area contributed by atoms with E-state index in [1.54, 1.807) is 6.20 Å². The number of nitrogens with zero attached hydrogens (tertiary/aromatic N) is 3. The van der Waals surface area contributed by atoms with Crippen LogP contribution in [0.2, 0.25) is 0 Å². The summed E-state index contributed by atoms with van der Waals surface area (Å²) in [5.41, 5.74) is 4.79. The molecule has 0 aromatic carbocycles. The number of hydrazone groups is 1. The predicted molar refractivity (Wildman–Crippen MR) is 112 cm³/mol. The van der Waals surface area contributed by atoms with Gasteiger partial charge in [0.2, 0.25) is 0 Å². The van der Waals surface area contributed by atoms with E-state index in [9.17, 15) is 0 Å². The van der Waals surface area contributed by atoms with Gasteiger partial charge in [0.1, 0.15) is 0 Å². The first kappa shape index (κ1) is 21.6. The Morgan fingerprint density at radius 2 is 1.68 bits per heavy atom. The van der Waals surface area contributed by atoms with Crippen molar-refractivity contribution in [1.29, 1.82) is 0 Å². The second-order valence-corrected chi connectivity index (χ2v) is 6.82. The standard InChI is InChI=1S/C20H34N4S/c1-4-6-8-12-16-24(17-13-9-7-5-2)20(25)23-22-18(3)19-14-10-11-15-21-19/h10-11,14-15H,4-9,12-13,16-17H2,1-3H3,(H,23,25)/b22-18+. The first-order chi connectivity index (χ1) is 12.2. The second-order valence-electron chi connectivity index (χ2n) is 6.44. The second kappa shape index (κ2) is 13.8. The summed E-state index contributed by atoms with van der Waals surface area (Å²) < 4.78 is 0. The molecular formula is C20H34N4S. The molecule has 1 rings (SSSR count). The number of hydrogen-bond donors (Lipinski definition) is 1. The van der Waals surface area contributed by atoms with Gasteiger partial charge in [-0.15, -0.1) is 0 Å². The zero-order valence-corrected chi connectivity index (χ0v) is 16.9. The summed E-state index contributed by atoms with van der Waals surface area (Å²) in [5.74, 6) is 0. The SMILES string of the molecule is CCCCCCN(CCCCCC)C(=S)N/N=C(\C)c1ccccn1. The van der Waals surface area contributed by atoms with Crippen LogP contribution in [-0.2, 0) is 0 Å². The fraction of sp³-hybridized carbons (Fsp3) is 0.650. The number of hydrogen-bond acceptors (Lipinski definition) is 3. The molecule has 0 spiro atoms. The minimum atomic E-state index is 0.725. The Labute approximate surface area is 159 Å². The highest BCUT2D eigenvalue weighted by Gasteiger charge is 2.09. The minimum Gasteiger partial charge on any atom is -0.348 e. The van der Waals surface area contributed by atoms with E-state index in [0.29, 0.717) is 0 Å². The quantitative estimate of drug-likeness (QED) is 0.242. The number of unbranched alkanes of at least 4 members (excludes halogenated alkanes) is 6. The zero-order chi connectivity index (χ0) is 18.3. The van der Waals surface area contributed by atoms with Crippen LogP contribution in [0.5, 0.6) is 0 Å². The van der Waals surface area contributed by atoms with Crippen LogP contribution >= 0.6 is 12.2 Å². The third-order valence-electron chi connectivity index (χ3n) is 4.21. The average Bonchev–Trinajstić information content (AvgIpc) is 2.65. The topological polar surface area (TPSA) is 40.5 Å². The van der Waals surface area contributed by atoms with Gasteiger partial charge in [0.05, 0.1) is 11.4 Å². The molecule has 0 aliphatic heterocycles. The Bertz CT molecular complexity index is 490. The van der Waals surface area contributed by atoms with E-state index < -0.39 is 0 Å². The summed E-state index contributed by atoms with van der Waals surface area (Å²) >= 11 is 5.59. The van der Waals surface area contributed by atoms with E-state index in [0.717, 1.165) is 29.6 Å². The highest BCUT2D eigenvalue weighted by atomic mass is 32.1. The molecule has 1 N–H and O–H groups in total. The van der Waals surface area contributed by atoms with Crippen LogP contribution in [0, 0.1) is 0 Å². The van der Waals surface area contributed by atoms with Gasteiger partial charge in [-0.25, -0.2) is 0 Å². The zero-order valence-electron chi connectivity index (χ0n) is 16.1. The van der Waals surface area contributed by atoms with Crippen LogP contribution in [-0.4, -0.2) is 33.8 Å². The average molecular weight is 363 g/mol. The third-order valence-corrected chi connectivity index (χ3v) is 4.55. The molecule has 0 amide bonds. The molecule has 0 atom stereocenters. The van der Waals surface area contributed by atoms with Gasteiger partial charge in [-0.05, 0) is 44.1 Å². The number of aromatic nitrogens is 1. The molecule has 0 unspecified atom stereocenters. The van der Waals surface area contributed by atoms with E-state index in [2.05, 4.69) is 34.3 Å². The summed E-state index contributed by atoms with van der Waals surface area (Å²) in [4.78, 5) is 6.59. The van der Waals surface area contributed by atoms with Crippen molar-refractivity contribution in [2.75, 3.05) is 13.1 Å². The summed E-state index contributed by atoms with van der Waals surface area (Å²) in [6.45, 7) is 8.45. The third kappa shape index (κ3) is 9.54. The lowest BCUT2D eigenvalue weighted by Gasteiger charge is -2.24. The van der Waals surface area contributed by atoms with E-state index in [4.69, 9.17) is 12.2 Å². The molecule has 1 aromatic heterocycles. The summed E-state index contributed by atoms with van der Waals surface area (Å²) in [6.07, 6.45) is 11.8. The van der Waals surface area contributed by atoms with E-state index in [1.165, 1.54) is 51.4 Å². The molecule has 0 bridgehead atoms. The smallest absolute Gasteiger partial charge is 0.189 e. The van der Waals surface area contributed by atoms with Crippen LogP contribution in [0.1, 0.15) is 77.8 Å². The first-order valence-electron chi connectivity index (χ1n) is 9.69. The molecule has 5 heteroatoms. The van der Waals surface area contributed by atoms with Crippen LogP contribution in [0.25, 0.3) is 0 Å². The minimum absolute atomic E-state index is 0.725. The summed E-state index contributed by atoms with van der Waals surface area (Å²) in [5, 5.41) is 5.15. The molecule has 4 nitrogen and oxygen atoms in total. The van der Waals surface area contributed by atoms with Gasteiger partial charge in [-0.3, -0.25) is 10.4 Å². The Balaban J connectivity index is 2.54. The molecule has 0 fully saturated rings. The van der Waals surface area contributed by atoms with Crippen molar-refractivity contribution in [3.05, 3.63) is 30.1 Å². The van der Waals surface area contributed by atoms with Crippen LogP contribution in [0.3, 0.4) is 0 Å². The number of nitrogens with one attached hydrogen (secondary N) is 1. The Hall–Kier alpha value is -1.49. The van der Waals surface area contributed by atoms with Crippen LogP contribution in [0.4, 0.5) is 0 Å². The lowest BCUT2D eigenvalue weighted by atomic mass is 10.2. The lowest BCUT2D eigenvalue weighted by molar-refractivity contribution is 0.382. The van der Waals surface area contributed by atoms with Gasteiger partial charge in [-0.2, -0.15) is 5.10 Å². The fourth-order valence-electron chi connectivity index (χ4n) is 2.61. The highest BCUT2D eigenvalue weighted by molar-refractivity contribution is 7.80. The van der Waals surface area contributed by atoms with Gasteiger partial charge < -0.3 is 4.90 Å². The van der Waals surface area contributed by atoms with E-state index in [-0.39, 0.29) is 0 Å². The maximum atomic E-state index is 5.59. The van der Waals surface area contributed by atoms with Crippen molar-refractivity contribution in [1.82, 2.24) is 15.3 Å². The molecule has 0 aliphatic rings. The molecule has 0 saturated carbocycles. The van der Waals surface area contributed by atoms with Gasteiger partial charge in [0.25, 0.3) is 0 Å².